The van der Waals surface area contributed by atoms with E-state index in [1.165, 1.54) is 12.1 Å². The van der Waals surface area contributed by atoms with E-state index < -0.39 is 23.6 Å². The molecule has 0 bridgehead atoms. The van der Waals surface area contributed by atoms with Crippen LogP contribution in [0.25, 0.3) is 0 Å². The highest BCUT2D eigenvalue weighted by Crippen LogP contribution is 2.34. The Balaban J connectivity index is 1.39. The highest BCUT2D eigenvalue weighted by Gasteiger charge is 2.42. The lowest BCUT2D eigenvalue weighted by Gasteiger charge is -2.40. The number of carbonyl (C=O) groups excluding carboxylic acids is 2. The average Bonchev–Trinajstić information content (AvgIpc) is 2.84. The van der Waals surface area contributed by atoms with Gasteiger partial charge in [0.25, 0.3) is 0 Å². The standard InChI is InChI=1S/C24H28FN3O4/c25-17-5-4-8-19(15-17)32-20-9-10-21(22(16-20)23(29)26-31)24(30)28-13-11-27(12-14-28)18-6-2-1-3-7-18/h1-8,15,20-22,31H,9-14,16H2,(H,26,29)/t20?,21-,22-/m0/s1. The molecule has 4 rings (SSSR count). The number of anilines is 1. The second-order valence-corrected chi connectivity index (χ2v) is 8.35. The first-order chi connectivity index (χ1) is 15.5. The molecule has 2 aliphatic rings. The highest BCUT2D eigenvalue weighted by molar-refractivity contribution is 5.87. The van der Waals surface area contributed by atoms with Crippen LogP contribution < -0.4 is 15.1 Å². The smallest absolute Gasteiger partial charge is 0.247 e. The van der Waals surface area contributed by atoms with Crippen molar-refractivity contribution in [1.29, 1.82) is 0 Å². The van der Waals surface area contributed by atoms with Gasteiger partial charge in [-0.1, -0.05) is 24.3 Å². The van der Waals surface area contributed by atoms with Crippen LogP contribution in [0.15, 0.2) is 54.6 Å². The molecule has 2 amide bonds. The zero-order valence-electron chi connectivity index (χ0n) is 17.8. The number of hydroxylamine groups is 1. The first kappa shape index (κ1) is 22.1. The molecule has 1 aliphatic heterocycles. The lowest BCUT2D eigenvalue weighted by molar-refractivity contribution is -0.148. The monoisotopic (exact) mass is 441 g/mol. The summed E-state index contributed by atoms with van der Waals surface area (Å²) < 4.78 is 19.3. The highest BCUT2D eigenvalue weighted by atomic mass is 19.1. The maximum atomic E-state index is 13.5. The molecule has 1 saturated heterocycles. The largest absolute Gasteiger partial charge is 0.490 e. The predicted molar refractivity (Wildman–Crippen MR) is 117 cm³/mol. The van der Waals surface area contributed by atoms with Crippen molar-refractivity contribution in [3.8, 4) is 5.75 Å². The van der Waals surface area contributed by atoms with E-state index in [4.69, 9.17) is 4.74 Å². The fourth-order valence-electron chi connectivity index (χ4n) is 4.70. The number of amides is 2. The third-order valence-electron chi connectivity index (χ3n) is 6.38. The van der Waals surface area contributed by atoms with Gasteiger partial charge in [-0.2, -0.15) is 0 Å². The number of hydrogen-bond donors (Lipinski definition) is 2. The van der Waals surface area contributed by atoms with Crippen LogP contribution in [-0.2, 0) is 9.59 Å². The molecule has 0 spiro atoms. The van der Waals surface area contributed by atoms with E-state index >= 15 is 0 Å². The Hall–Kier alpha value is -3.13. The van der Waals surface area contributed by atoms with Gasteiger partial charge in [0, 0.05) is 37.9 Å². The molecule has 2 aromatic rings. The minimum atomic E-state index is -0.702. The summed E-state index contributed by atoms with van der Waals surface area (Å²) in [4.78, 5) is 29.7. The van der Waals surface area contributed by atoms with Crippen molar-refractivity contribution in [2.45, 2.75) is 25.4 Å². The Bertz CT molecular complexity index is 934. The van der Waals surface area contributed by atoms with Gasteiger partial charge in [-0.3, -0.25) is 14.8 Å². The number of rotatable bonds is 5. The van der Waals surface area contributed by atoms with Gasteiger partial charge in [0.1, 0.15) is 11.6 Å². The molecule has 0 aromatic heterocycles. The number of nitrogens with zero attached hydrogens (tertiary/aromatic N) is 2. The van der Waals surface area contributed by atoms with Gasteiger partial charge in [0.05, 0.1) is 17.9 Å². The number of piperazine rings is 1. The van der Waals surface area contributed by atoms with Gasteiger partial charge in [-0.05, 0) is 43.5 Å². The predicted octanol–water partition coefficient (Wildman–Crippen LogP) is 2.84. The van der Waals surface area contributed by atoms with Crippen molar-refractivity contribution in [3.05, 3.63) is 60.4 Å². The van der Waals surface area contributed by atoms with E-state index in [9.17, 15) is 19.2 Å². The molecule has 170 valence electrons. The first-order valence-corrected chi connectivity index (χ1v) is 11.0. The summed E-state index contributed by atoms with van der Waals surface area (Å²) in [6.45, 7) is 2.62. The Kier molecular flexibility index (Phi) is 6.90. The molecule has 2 fully saturated rings. The van der Waals surface area contributed by atoms with E-state index in [1.807, 2.05) is 23.1 Å². The molecule has 1 saturated carbocycles. The number of carbonyl (C=O) groups is 2. The summed E-state index contributed by atoms with van der Waals surface area (Å²) in [6.07, 6.45) is 0.989. The summed E-state index contributed by atoms with van der Waals surface area (Å²) in [5.74, 6) is -1.87. The number of benzene rings is 2. The fourth-order valence-corrected chi connectivity index (χ4v) is 4.70. The SMILES string of the molecule is O=C(NO)[C@H]1CC(Oc2cccc(F)c2)CC[C@@H]1C(=O)N1CCN(c2ccccc2)CC1. The van der Waals surface area contributed by atoms with Gasteiger partial charge < -0.3 is 14.5 Å². The molecule has 2 N–H and O–H groups in total. The molecule has 1 unspecified atom stereocenters. The van der Waals surface area contributed by atoms with Gasteiger partial charge in [-0.15, -0.1) is 0 Å². The van der Waals surface area contributed by atoms with Crippen molar-refractivity contribution in [3.63, 3.8) is 0 Å². The molecule has 1 aliphatic carbocycles. The average molecular weight is 442 g/mol. The second-order valence-electron chi connectivity index (χ2n) is 8.35. The van der Waals surface area contributed by atoms with Crippen LogP contribution >= 0.6 is 0 Å². The van der Waals surface area contributed by atoms with Gasteiger partial charge >= 0.3 is 0 Å². The van der Waals surface area contributed by atoms with Crippen LogP contribution in [0.1, 0.15) is 19.3 Å². The number of halogens is 1. The molecule has 2 aromatic carbocycles. The summed E-state index contributed by atoms with van der Waals surface area (Å²) in [6, 6.07) is 15.9. The number of para-hydroxylation sites is 1. The van der Waals surface area contributed by atoms with E-state index in [2.05, 4.69) is 17.0 Å². The van der Waals surface area contributed by atoms with Crippen LogP contribution in [0.5, 0.6) is 5.75 Å². The lowest BCUT2D eigenvalue weighted by Crippen LogP contribution is -2.53. The van der Waals surface area contributed by atoms with Gasteiger partial charge in [0.2, 0.25) is 11.8 Å². The fraction of sp³-hybridized carbons (Fsp3) is 0.417. The summed E-state index contributed by atoms with van der Waals surface area (Å²) in [5, 5.41) is 9.25. The lowest BCUT2D eigenvalue weighted by atomic mass is 9.76. The number of nitrogens with one attached hydrogen (secondary N) is 1. The number of ether oxygens (including phenoxy) is 1. The van der Waals surface area contributed by atoms with Crippen LogP contribution in [0.3, 0.4) is 0 Å². The van der Waals surface area contributed by atoms with Crippen molar-refractivity contribution in [2.75, 3.05) is 31.1 Å². The van der Waals surface area contributed by atoms with Gasteiger partial charge in [0.15, 0.2) is 0 Å². The van der Waals surface area contributed by atoms with E-state index in [0.717, 1.165) is 18.8 Å². The van der Waals surface area contributed by atoms with Crippen LogP contribution in [0, 0.1) is 17.7 Å². The second kappa shape index (κ2) is 9.99. The van der Waals surface area contributed by atoms with Crippen molar-refractivity contribution >= 4 is 17.5 Å². The Morgan fingerprint density at radius 3 is 2.41 bits per heavy atom. The first-order valence-electron chi connectivity index (χ1n) is 11.0. The summed E-state index contributed by atoms with van der Waals surface area (Å²) in [5.41, 5.74) is 2.84. The molecular formula is C24H28FN3O4. The summed E-state index contributed by atoms with van der Waals surface area (Å²) >= 11 is 0. The maximum absolute atomic E-state index is 13.5. The number of hydrogen-bond acceptors (Lipinski definition) is 5. The molecule has 7 nitrogen and oxygen atoms in total. The minimum Gasteiger partial charge on any atom is -0.490 e. The topological polar surface area (TPSA) is 82.1 Å². The quantitative estimate of drug-likeness (QED) is 0.551. The van der Waals surface area contributed by atoms with E-state index in [-0.39, 0.29) is 18.4 Å². The van der Waals surface area contributed by atoms with E-state index in [1.54, 1.807) is 17.6 Å². The molecule has 1 heterocycles. The molecule has 8 heteroatoms. The normalized spacial score (nSPS) is 23.5. The zero-order chi connectivity index (χ0) is 22.5. The van der Waals surface area contributed by atoms with E-state index in [0.29, 0.717) is 31.7 Å². The minimum absolute atomic E-state index is 0.0597. The third-order valence-corrected chi connectivity index (χ3v) is 6.38. The van der Waals surface area contributed by atoms with Crippen molar-refractivity contribution in [2.24, 2.45) is 11.8 Å². The Morgan fingerprint density at radius 2 is 1.72 bits per heavy atom. The molecular weight excluding hydrogens is 413 g/mol. The van der Waals surface area contributed by atoms with Crippen LogP contribution in [0.4, 0.5) is 10.1 Å². The Morgan fingerprint density at radius 1 is 0.969 bits per heavy atom. The van der Waals surface area contributed by atoms with Gasteiger partial charge in [-0.25, -0.2) is 9.87 Å². The summed E-state index contributed by atoms with van der Waals surface area (Å²) in [7, 11) is 0. The van der Waals surface area contributed by atoms with Crippen LogP contribution in [-0.4, -0.2) is 54.2 Å². The molecule has 3 atom stereocenters. The Labute approximate surface area is 186 Å². The maximum Gasteiger partial charge on any atom is 0.247 e. The van der Waals surface area contributed by atoms with Crippen LogP contribution in [0.2, 0.25) is 0 Å². The molecule has 0 radical (unpaired) electrons. The molecule has 32 heavy (non-hydrogen) atoms. The third kappa shape index (κ3) is 5.02. The van der Waals surface area contributed by atoms with Crippen molar-refractivity contribution in [1.82, 2.24) is 10.4 Å². The zero-order valence-corrected chi connectivity index (χ0v) is 17.8. The van der Waals surface area contributed by atoms with Crippen molar-refractivity contribution < 1.29 is 23.9 Å².